The molecule has 0 unspecified atom stereocenters. The fourth-order valence-electron chi connectivity index (χ4n) is 1.67. The van der Waals surface area contributed by atoms with Crippen LogP contribution in [-0.2, 0) is 6.42 Å². The number of nitrogens with zero attached hydrogens (tertiary/aromatic N) is 1. The van der Waals surface area contributed by atoms with E-state index in [1.54, 1.807) is 18.3 Å². The standard InChI is InChI=1S/C13H13FN2/c1-2-9-7-12(15)8-16-13(9)10-3-5-11(14)6-4-10/h3-8H,2,15H2,1H3. The SMILES string of the molecule is CCc1cc(N)cnc1-c1ccc(F)cc1. The quantitative estimate of drug-likeness (QED) is 0.838. The first-order valence-electron chi connectivity index (χ1n) is 5.21. The van der Waals surface area contributed by atoms with E-state index < -0.39 is 0 Å². The maximum absolute atomic E-state index is 12.8. The Hall–Kier alpha value is -1.90. The lowest BCUT2D eigenvalue weighted by Gasteiger charge is -2.07. The van der Waals surface area contributed by atoms with Crippen molar-refractivity contribution < 1.29 is 4.39 Å². The van der Waals surface area contributed by atoms with Gasteiger partial charge in [0.15, 0.2) is 0 Å². The van der Waals surface area contributed by atoms with Crippen LogP contribution in [0.1, 0.15) is 12.5 Å². The van der Waals surface area contributed by atoms with E-state index in [1.165, 1.54) is 12.1 Å². The number of rotatable bonds is 2. The maximum atomic E-state index is 12.8. The van der Waals surface area contributed by atoms with Crippen LogP contribution in [0.15, 0.2) is 36.5 Å². The van der Waals surface area contributed by atoms with Gasteiger partial charge in [-0.1, -0.05) is 6.92 Å². The minimum atomic E-state index is -0.239. The highest BCUT2D eigenvalue weighted by Gasteiger charge is 2.05. The summed E-state index contributed by atoms with van der Waals surface area (Å²) in [4.78, 5) is 4.30. The number of pyridine rings is 1. The summed E-state index contributed by atoms with van der Waals surface area (Å²) in [6.07, 6.45) is 2.47. The predicted octanol–water partition coefficient (Wildman–Crippen LogP) is 3.03. The Bertz CT molecular complexity index is 492. The van der Waals surface area contributed by atoms with Gasteiger partial charge in [0.2, 0.25) is 0 Å². The van der Waals surface area contributed by atoms with Crippen molar-refractivity contribution in [2.45, 2.75) is 13.3 Å². The number of anilines is 1. The number of benzene rings is 1. The number of hydrogen-bond donors (Lipinski definition) is 1. The molecule has 0 fully saturated rings. The molecule has 0 aliphatic heterocycles. The van der Waals surface area contributed by atoms with Crippen LogP contribution >= 0.6 is 0 Å². The van der Waals surface area contributed by atoms with E-state index >= 15 is 0 Å². The highest BCUT2D eigenvalue weighted by molar-refractivity contribution is 5.65. The summed E-state index contributed by atoms with van der Waals surface area (Å²) >= 11 is 0. The van der Waals surface area contributed by atoms with Gasteiger partial charge in [-0.3, -0.25) is 4.98 Å². The van der Waals surface area contributed by atoms with Crippen LogP contribution in [0.3, 0.4) is 0 Å². The van der Waals surface area contributed by atoms with Crippen LogP contribution in [0, 0.1) is 5.82 Å². The van der Waals surface area contributed by atoms with Crippen molar-refractivity contribution in [3.63, 3.8) is 0 Å². The van der Waals surface area contributed by atoms with E-state index in [2.05, 4.69) is 4.98 Å². The molecule has 0 spiro atoms. The Balaban J connectivity index is 2.51. The van der Waals surface area contributed by atoms with Gasteiger partial charge in [0.05, 0.1) is 17.6 Å². The van der Waals surface area contributed by atoms with Crippen molar-refractivity contribution in [1.29, 1.82) is 0 Å². The van der Waals surface area contributed by atoms with E-state index in [1.807, 2.05) is 13.0 Å². The highest BCUT2D eigenvalue weighted by atomic mass is 19.1. The molecule has 0 saturated heterocycles. The summed E-state index contributed by atoms with van der Waals surface area (Å²) in [5, 5.41) is 0. The Morgan fingerprint density at radius 3 is 2.56 bits per heavy atom. The lowest BCUT2D eigenvalue weighted by molar-refractivity contribution is 0.628. The fourth-order valence-corrected chi connectivity index (χ4v) is 1.67. The first-order valence-corrected chi connectivity index (χ1v) is 5.21. The summed E-state index contributed by atoms with van der Waals surface area (Å²) < 4.78 is 12.8. The third kappa shape index (κ3) is 2.03. The van der Waals surface area contributed by atoms with Crippen LogP contribution in [0.25, 0.3) is 11.3 Å². The second kappa shape index (κ2) is 4.31. The average Bonchev–Trinajstić information content (AvgIpc) is 2.30. The Kier molecular flexibility index (Phi) is 2.86. The second-order valence-electron chi connectivity index (χ2n) is 3.64. The number of aryl methyl sites for hydroxylation is 1. The van der Waals surface area contributed by atoms with Gasteiger partial charge < -0.3 is 5.73 Å². The number of hydrogen-bond acceptors (Lipinski definition) is 2. The summed E-state index contributed by atoms with van der Waals surface area (Å²) in [7, 11) is 0. The van der Waals surface area contributed by atoms with Crippen molar-refractivity contribution in [2.24, 2.45) is 0 Å². The molecule has 0 atom stereocenters. The topological polar surface area (TPSA) is 38.9 Å². The molecule has 0 radical (unpaired) electrons. The molecule has 0 bridgehead atoms. The first-order chi connectivity index (χ1) is 7.70. The number of aromatic nitrogens is 1. The van der Waals surface area contributed by atoms with E-state index in [0.29, 0.717) is 5.69 Å². The van der Waals surface area contributed by atoms with Crippen LogP contribution in [0.5, 0.6) is 0 Å². The van der Waals surface area contributed by atoms with Gasteiger partial charge in [0.1, 0.15) is 5.82 Å². The number of nitrogens with two attached hydrogens (primary N) is 1. The molecule has 82 valence electrons. The third-order valence-corrected chi connectivity index (χ3v) is 2.49. The molecule has 2 N–H and O–H groups in total. The monoisotopic (exact) mass is 216 g/mol. The van der Waals surface area contributed by atoms with E-state index in [-0.39, 0.29) is 5.82 Å². The smallest absolute Gasteiger partial charge is 0.123 e. The van der Waals surface area contributed by atoms with Crippen molar-refractivity contribution in [3.05, 3.63) is 47.9 Å². The highest BCUT2D eigenvalue weighted by Crippen LogP contribution is 2.23. The van der Waals surface area contributed by atoms with Crippen LogP contribution in [-0.4, -0.2) is 4.98 Å². The van der Waals surface area contributed by atoms with E-state index in [9.17, 15) is 4.39 Å². The van der Waals surface area contributed by atoms with Crippen molar-refractivity contribution >= 4 is 5.69 Å². The van der Waals surface area contributed by atoms with E-state index in [0.717, 1.165) is 23.2 Å². The Morgan fingerprint density at radius 1 is 1.25 bits per heavy atom. The van der Waals surface area contributed by atoms with Crippen LogP contribution < -0.4 is 5.73 Å². The third-order valence-electron chi connectivity index (χ3n) is 2.49. The van der Waals surface area contributed by atoms with Crippen LogP contribution in [0.2, 0.25) is 0 Å². The molecular weight excluding hydrogens is 203 g/mol. The van der Waals surface area contributed by atoms with Gasteiger partial charge in [-0.2, -0.15) is 0 Å². The lowest BCUT2D eigenvalue weighted by Crippen LogP contribution is -1.95. The molecule has 0 saturated carbocycles. The lowest BCUT2D eigenvalue weighted by atomic mass is 10.0. The molecule has 3 heteroatoms. The van der Waals surface area contributed by atoms with Gasteiger partial charge in [-0.25, -0.2) is 4.39 Å². The van der Waals surface area contributed by atoms with Gasteiger partial charge in [-0.15, -0.1) is 0 Å². The molecule has 16 heavy (non-hydrogen) atoms. The molecule has 0 amide bonds. The molecule has 0 aliphatic carbocycles. The zero-order valence-electron chi connectivity index (χ0n) is 9.07. The average molecular weight is 216 g/mol. The maximum Gasteiger partial charge on any atom is 0.123 e. The molecular formula is C13H13FN2. The Morgan fingerprint density at radius 2 is 1.94 bits per heavy atom. The first kappa shape index (κ1) is 10.6. The van der Waals surface area contributed by atoms with Gasteiger partial charge in [-0.05, 0) is 42.3 Å². The minimum Gasteiger partial charge on any atom is -0.397 e. The zero-order valence-corrected chi connectivity index (χ0v) is 9.07. The summed E-state index contributed by atoms with van der Waals surface area (Å²) in [5.41, 5.74) is 9.20. The summed E-state index contributed by atoms with van der Waals surface area (Å²) in [6, 6.07) is 8.24. The zero-order chi connectivity index (χ0) is 11.5. The van der Waals surface area contributed by atoms with Crippen molar-refractivity contribution in [1.82, 2.24) is 4.98 Å². The van der Waals surface area contributed by atoms with Crippen molar-refractivity contribution in [2.75, 3.05) is 5.73 Å². The Labute approximate surface area is 93.9 Å². The molecule has 1 heterocycles. The van der Waals surface area contributed by atoms with Gasteiger partial charge >= 0.3 is 0 Å². The number of nitrogen functional groups attached to an aromatic ring is 1. The van der Waals surface area contributed by atoms with Crippen LogP contribution in [0.4, 0.5) is 10.1 Å². The molecule has 2 rings (SSSR count). The molecule has 1 aromatic carbocycles. The summed E-state index contributed by atoms with van der Waals surface area (Å²) in [5.74, 6) is -0.239. The fraction of sp³-hybridized carbons (Fsp3) is 0.154. The van der Waals surface area contributed by atoms with E-state index in [4.69, 9.17) is 5.73 Å². The summed E-state index contributed by atoms with van der Waals surface area (Å²) in [6.45, 7) is 2.05. The predicted molar refractivity (Wildman–Crippen MR) is 63.4 cm³/mol. The second-order valence-corrected chi connectivity index (χ2v) is 3.64. The largest absolute Gasteiger partial charge is 0.397 e. The van der Waals surface area contributed by atoms with Crippen molar-refractivity contribution in [3.8, 4) is 11.3 Å². The molecule has 0 aliphatic rings. The number of halogens is 1. The minimum absolute atomic E-state index is 0.239. The molecule has 2 aromatic rings. The molecule has 2 nitrogen and oxygen atoms in total. The van der Waals surface area contributed by atoms with Gasteiger partial charge in [0, 0.05) is 5.56 Å². The normalized spacial score (nSPS) is 10.4. The van der Waals surface area contributed by atoms with Gasteiger partial charge in [0.25, 0.3) is 0 Å². The molecule has 1 aromatic heterocycles.